The number of hydrogen-bond donors (Lipinski definition) is 1. The number of pyridine rings is 1. The first kappa shape index (κ1) is 18.1. The van der Waals surface area contributed by atoms with E-state index in [4.69, 9.17) is 0 Å². The van der Waals surface area contributed by atoms with E-state index < -0.39 is 0 Å². The van der Waals surface area contributed by atoms with Crippen molar-refractivity contribution in [2.24, 2.45) is 0 Å². The molecule has 0 fully saturated rings. The SMILES string of the molecule is CC(NC(=O)c1ccccc1SCc1ccccc1F)c1ccccn1. The lowest BCUT2D eigenvalue weighted by Crippen LogP contribution is -2.27. The van der Waals surface area contributed by atoms with E-state index >= 15 is 0 Å². The monoisotopic (exact) mass is 366 g/mol. The molecule has 3 rings (SSSR count). The van der Waals surface area contributed by atoms with Crippen LogP contribution >= 0.6 is 11.8 Å². The summed E-state index contributed by atoms with van der Waals surface area (Å²) in [4.78, 5) is 17.8. The zero-order valence-electron chi connectivity index (χ0n) is 14.4. The summed E-state index contributed by atoms with van der Waals surface area (Å²) in [6, 6.07) is 19.5. The smallest absolute Gasteiger partial charge is 0.252 e. The Kier molecular flexibility index (Phi) is 6.02. The van der Waals surface area contributed by atoms with E-state index in [9.17, 15) is 9.18 Å². The number of hydrogen-bond acceptors (Lipinski definition) is 3. The molecule has 0 bridgehead atoms. The van der Waals surface area contributed by atoms with Crippen molar-refractivity contribution in [3.05, 3.63) is 95.6 Å². The Balaban J connectivity index is 1.72. The van der Waals surface area contributed by atoms with E-state index in [-0.39, 0.29) is 17.8 Å². The molecule has 0 aliphatic carbocycles. The third kappa shape index (κ3) is 4.49. The third-order valence-corrected chi connectivity index (χ3v) is 5.07. The van der Waals surface area contributed by atoms with Gasteiger partial charge < -0.3 is 5.32 Å². The lowest BCUT2D eigenvalue weighted by Gasteiger charge is -2.15. The predicted molar refractivity (Wildman–Crippen MR) is 103 cm³/mol. The molecule has 5 heteroatoms. The lowest BCUT2D eigenvalue weighted by atomic mass is 10.1. The third-order valence-electron chi connectivity index (χ3n) is 3.95. The topological polar surface area (TPSA) is 42.0 Å². The van der Waals surface area contributed by atoms with Gasteiger partial charge in [0.05, 0.1) is 17.3 Å². The highest BCUT2D eigenvalue weighted by molar-refractivity contribution is 7.98. The number of carbonyl (C=O) groups excluding carboxylic acids is 1. The number of carbonyl (C=O) groups is 1. The summed E-state index contributed by atoms with van der Waals surface area (Å²) in [5, 5.41) is 2.97. The van der Waals surface area contributed by atoms with Crippen LogP contribution in [0.2, 0.25) is 0 Å². The van der Waals surface area contributed by atoms with E-state index in [1.165, 1.54) is 17.8 Å². The highest BCUT2D eigenvalue weighted by atomic mass is 32.2. The van der Waals surface area contributed by atoms with Crippen molar-refractivity contribution in [1.29, 1.82) is 0 Å². The fourth-order valence-electron chi connectivity index (χ4n) is 2.53. The number of amides is 1. The minimum Gasteiger partial charge on any atom is -0.344 e. The molecule has 3 aromatic rings. The Morgan fingerprint density at radius 1 is 1.08 bits per heavy atom. The van der Waals surface area contributed by atoms with Crippen LogP contribution in [0, 0.1) is 5.82 Å². The zero-order chi connectivity index (χ0) is 18.4. The van der Waals surface area contributed by atoms with Gasteiger partial charge in [-0.3, -0.25) is 9.78 Å². The van der Waals surface area contributed by atoms with Crippen LogP contribution in [0.3, 0.4) is 0 Å². The van der Waals surface area contributed by atoms with Gasteiger partial charge in [0.15, 0.2) is 0 Å². The lowest BCUT2D eigenvalue weighted by molar-refractivity contribution is 0.0936. The molecule has 1 unspecified atom stereocenters. The maximum absolute atomic E-state index is 13.8. The second-order valence-corrected chi connectivity index (χ2v) is 6.84. The van der Waals surface area contributed by atoms with Gasteiger partial charge in [-0.15, -0.1) is 11.8 Å². The van der Waals surface area contributed by atoms with Gasteiger partial charge in [-0.25, -0.2) is 4.39 Å². The number of rotatable bonds is 6. The Hall–Kier alpha value is -2.66. The average molecular weight is 366 g/mol. The molecule has 132 valence electrons. The molecule has 0 saturated heterocycles. The summed E-state index contributed by atoms with van der Waals surface area (Å²) in [7, 11) is 0. The van der Waals surface area contributed by atoms with E-state index in [2.05, 4.69) is 10.3 Å². The second kappa shape index (κ2) is 8.63. The van der Waals surface area contributed by atoms with Crippen LogP contribution in [-0.4, -0.2) is 10.9 Å². The van der Waals surface area contributed by atoms with E-state index in [1.54, 1.807) is 24.4 Å². The van der Waals surface area contributed by atoms with Gasteiger partial charge in [-0.2, -0.15) is 0 Å². The number of nitrogens with zero attached hydrogens (tertiary/aromatic N) is 1. The van der Waals surface area contributed by atoms with Crippen molar-refractivity contribution >= 4 is 17.7 Å². The van der Waals surface area contributed by atoms with Gasteiger partial charge >= 0.3 is 0 Å². The molecule has 1 heterocycles. The van der Waals surface area contributed by atoms with Gasteiger partial charge in [-0.05, 0) is 42.8 Å². The Bertz CT molecular complexity index is 886. The average Bonchev–Trinajstić information content (AvgIpc) is 2.68. The van der Waals surface area contributed by atoms with E-state index in [0.29, 0.717) is 16.9 Å². The van der Waals surface area contributed by atoms with Crippen LogP contribution in [0.15, 0.2) is 77.8 Å². The maximum Gasteiger partial charge on any atom is 0.252 e. The molecule has 0 aliphatic rings. The fraction of sp³-hybridized carbons (Fsp3) is 0.143. The Morgan fingerprint density at radius 2 is 1.81 bits per heavy atom. The number of halogens is 1. The highest BCUT2D eigenvalue weighted by Gasteiger charge is 2.15. The number of thioether (sulfide) groups is 1. The predicted octanol–water partition coefficient (Wildman–Crippen LogP) is 5.00. The van der Waals surface area contributed by atoms with Crippen LogP contribution in [0.25, 0.3) is 0 Å². The Morgan fingerprint density at radius 3 is 2.58 bits per heavy atom. The minimum atomic E-state index is -0.231. The van der Waals surface area contributed by atoms with Crippen LogP contribution in [-0.2, 0) is 5.75 Å². The maximum atomic E-state index is 13.8. The summed E-state index contributed by atoms with van der Waals surface area (Å²) < 4.78 is 13.8. The minimum absolute atomic E-state index is 0.167. The van der Waals surface area contributed by atoms with Gasteiger partial charge in [-0.1, -0.05) is 36.4 Å². The summed E-state index contributed by atoms with van der Waals surface area (Å²) in [5.74, 6) is 0.0673. The molecule has 0 radical (unpaired) electrons. The van der Waals surface area contributed by atoms with Crippen molar-refractivity contribution in [3.8, 4) is 0 Å². The van der Waals surface area contributed by atoms with Gasteiger partial charge in [0, 0.05) is 16.8 Å². The second-order valence-electron chi connectivity index (χ2n) is 5.83. The van der Waals surface area contributed by atoms with Gasteiger partial charge in [0.1, 0.15) is 5.82 Å². The van der Waals surface area contributed by atoms with Crippen LogP contribution in [0.1, 0.15) is 34.6 Å². The van der Waals surface area contributed by atoms with Crippen molar-refractivity contribution < 1.29 is 9.18 Å². The molecular weight excluding hydrogens is 347 g/mol. The van der Waals surface area contributed by atoms with Crippen molar-refractivity contribution in [2.45, 2.75) is 23.6 Å². The number of aromatic nitrogens is 1. The molecule has 1 N–H and O–H groups in total. The van der Waals surface area contributed by atoms with Gasteiger partial charge in [0.2, 0.25) is 0 Å². The molecule has 0 spiro atoms. The Labute approximate surface area is 156 Å². The summed E-state index contributed by atoms with van der Waals surface area (Å²) >= 11 is 1.45. The quantitative estimate of drug-likeness (QED) is 0.624. The van der Waals surface area contributed by atoms with Crippen LogP contribution in [0.5, 0.6) is 0 Å². The summed E-state index contributed by atoms with van der Waals surface area (Å²) in [6.45, 7) is 1.90. The molecule has 0 saturated carbocycles. The first-order valence-electron chi connectivity index (χ1n) is 8.32. The molecule has 1 atom stereocenters. The fourth-order valence-corrected chi connectivity index (χ4v) is 3.57. The first-order valence-corrected chi connectivity index (χ1v) is 9.30. The zero-order valence-corrected chi connectivity index (χ0v) is 15.2. The van der Waals surface area contributed by atoms with Crippen molar-refractivity contribution in [1.82, 2.24) is 10.3 Å². The molecule has 3 nitrogen and oxygen atoms in total. The largest absolute Gasteiger partial charge is 0.344 e. The molecule has 1 amide bonds. The molecule has 26 heavy (non-hydrogen) atoms. The molecule has 1 aromatic heterocycles. The molecule has 0 aliphatic heterocycles. The number of benzene rings is 2. The summed E-state index contributed by atoms with van der Waals surface area (Å²) in [6.07, 6.45) is 1.70. The standard InChI is InChI=1S/C21H19FN2OS/c1-15(19-11-6-7-13-23-19)24-21(25)17-9-3-5-12-20(17)26-14-16-8-2-4-10-18(16)22/h2-13,15H,14H2,1H3,(H,24,25). The molecular formula is C21H19FN2OS. The van der Waals surface area contributed by atoms with E-state index in [1.807, 2.05) is 49.4 Å². The first-order chi connectivity index (χ1) is 12.6. The number of nitrogens with one attached hydrogen (secondary N) is 1. The van der Waals surface area contributed by atoms with Crippen molar-refractivity contribution in [2.75, 3.05) is 0 Å². The molecule has 2 aromatic carbocycles. The van der Waals surface area contributed by atoms with Crippen LogP contribution in [0.4, 0.5) is 4.39 Å². The highest BCUT2D eigenvalue weighted by Crippen LogP contribution is 2.27. The van der Waals surface area contributed by atoms with Crippen LogP contribution < -0.4 is 5.32 Å². The van der Waals surface area contributed by atoms with Gasteiger partial charge in [0.25, 0.3) is 5.91 Å². The van der Waals surface area contributed by atoms with Crippen molar-refractivity contribution in [3.63, 3.8) is 0 Å². The van der Waals surface area contributed by atoms with E-state index in [0.717, 1.165) is 10.6 Å². The summed E-state index contributed by atoms with van der Waals surface area (Å²) in [5.41, 5.74) is 2.00. The normalized spacial score (nSPS) is 11.8.